The number of hydrogen-bond donors (Lipinski definition) is 1. The van der Waals surface area contributed by atoms with Gasteiger partial charge in [-0.25, -0.2) is 0 Å². The van der Waals surface area contributed by atoms with Crippen LogP contribution in [0.4, 0.5) is 0 Å². The Morgan fingerprint density at radius 1 is 1.41 bits per heavy atom. The lowest BCUT2D eigenvalue weighted by Gasteiger charge is -2.05. The minimum Gasteiger partial charge on any atom is -0.439 e. The Hall–Kier alpha value is -1.37. The van der Waals surface area contributed by atoms with E-state index in [-0.39, 0.29) is 5.56 Å². The summed E-state index contributed by atoms with van der Waals surface area (Å²) in [7, 11) is 0. The van der Waals surface area contributed by atoms with Gasteiger partial charge in [0.05, 0.1) is 6.07 Å². The molecular weight excluding hydrogens is 331 g/mol. The van der Waals surface area contributed by atoms with Crippen LogP contribution in [0.5, 0.6) is 11.6 Å². The van der Waals surface area contributed by atoms with Crippen LogP contribution in [0.3, 0.4) is 0 Å². The molecule has 0 saturated heterocycles. The highest BCUT2D eigenvalue weighted by atomic mass is 127. The molecule has 1 heterocycles. The second-order valence-corrected chi connectivity index (χ2v) is 4.69. The van der Waals surface area contributed by atoms with E-state index < -0.39 is 0 Å². The van der Waals surface area contributed by atoms with Crippen LogP contribution in [0.15, 0.2) is 35.1 Å². The molecule has 0 amide bonds. The van der Waals surface area contributed by atoms with E-state index in [4.69, 9.17) is 4.74 Å². The van der Waals surface area contributed by atoms with Crippen molar-refractivity contribution in [3.63, 3.8) is 0 Å². The minimum atomic E-state index is -0.197. The van der Waals surface area contributed by atoms with E-state index in [0.717, 1.165) is 3.57 Å². The highest BCUT2D eigenvalue weighted by molar-refractivity contribution is 14.1. The quantitative estimate of drug-likeness (QED) is 0.873. The fourth-order valence-electron chi connectivity index (χ4n) is 1.35. The van der Waals surface area contributed by atoms with Crippen molar-refractivity contribution in [1.82, 2.24) is 9.97 Å². The van der Waals surface area contributed by atoms with Crippen LogP contribution in [0, 0.1) is 3.57 Å². The van der Waals surface area contributed by atoms with Gasteiger partial charge in [-0.1, -0.05) is 13.0 Å². The summed E-state index contributed by atoms with van der Waals surface area (Å²) in [4.78, 5) is 18.2. The Kier molecular flexibility index (Phi) is 3.78. The van der Waals surface area contributed by atoms with Crippen LogP contribution in [-0.2, 0) is 6.42 Å². The average molecular weight is 342 g/mol. The third kappa shape index (κ3) is 3.29. The van der Waals surface area contributed by atoms with Crippen LogP contribution in [0.2, 0.25) is 0 Å². The van der Waals surface area contributed by atoms with E-state index in [9.17, 15) is 4.79 Å². The van der Waals surface area contributed by atoms with Crippen molar-refractivity contribution in [2.24, 2.45) is 0 Å². The molecular formula is C12H11IN2O2. The Morgan fingerprint density at radius 3 is 2.94 bits per heavy atom. The second-order valence-electron chi connectivity index (χ2n) is 3.44. The molecule has 0 saturated carbocycles. The average Bonchev–Trinajstić information content (AvgIpc) is 2.28. The molecule has 1 aromatic carbocycles. The smallest absolute Gasteiger partial charge is 0.254 e. The first kappa shape index (κ1) is 12.1. The summed E-state index contributed by atoms with van der Waals surface area (Å²) < 4.78 is 6.62. The Labute approximate surface area is 112 Å². The summed E-state index contributed by atoms with van der Waals surface area (Å²) in [6.07, 6.45) is 0.665. The molecule has 1 N–H and O–H groups in total. The van der Waals surface area contributed by atoms with Gasteiger partial charge in [0.15, 0.2) is 0 Å². The zero-order chi connectivity index (χ0) is 12.3. The van der Waals surface area contributed by atoms with Crippen molar-refractivity contribution in [2.45, 2.75) is 13.3 Å². The van der Waals surface area contributed by atoms with Gasteiger partial charge in [-0.05, 0) is 40.8 Å². The number of nitrogens with one attached hydrogen (secondary N) is 1. The minimum absolute atomic E-state index is 0.197. The molecule has 1 aromatic heterocycles. The van der Waals surface area contributed by atoms with E-state index in [1.165, 1.54) is 6.07 Å². The molecule has 0 bridgehead atoms. The molecule has 2 rings (SSSR count). The van der Waals surface area contributed by atoms with E-state index in [1.54, 1.807) is 0 Å². The molecule has 0 aliphatic heterocycles. The van der Waals surface area contributed by atoms with Crippen molar-refractivity contribution < 1.29 is 4.74 Å². The van der Waals surface area contributed by atoms with Crippen LogP contribution in [-0.4, -0.2) is 9.97 Å². The van der Waals surface area contributed by atoms with E-state index in [1.807, 2.05) is 31.2 Å². The standard InChI is InChI=1S/C12H11IN2O2/c1-2-10-14-11(16)7-12(15-10)17-9-5-3-4-8(13)6-9/h3-7H,2H2,1H3,(H,14,15,16). The number of ether oxygens (including phenoxy) is 1. The molecule has 0 spiro atoms. The number of aryl methyl sites for hydroxylation is 1. The van der Waals surface area contributed by atoms with Gasteiger partial charge in [0.2, 0.25) is 5.88 Å². The molecule has 0 aliphatic carbocycles. The van der Waals surface area contributed by atoms with Crippen molar-refractivity contribution in [3.8, 4) is 11.6 Å². The molecule has 88 valence electrons. The van der Waals surface area contributed by atoms with Gasteiger partial charge in [-0.15, -0.1) is 0 Å². The first-order chi connectivity index (χ1) is 8.17. The van der Waals surface area contributed by atoms with Gasteiger partial charge < -0.3 is 9.72 Å². The topological polar surface area (TPSA) is 55.0 Å². The van der Waals surface area contributed by atoms with E-state index >= 15 is 0 Å². The van der Waals surface area contributed by atoms with Crippen LogP contribution in [0.25, 0.3) is 0 Å². The van der Waals surface area contributed by atoms with Gasteiger partial charge in [0.25, 0.3) is 5.56 Å². The lowest BCUT2D eigenvalue weighted by molar-refractivity contribution is 0.457. The normalized spacial score (nSPS) is 10.2. The van der Waals surface area contributed by atoms with Gasteiger partial charge in [0, 0.05) is 9.99 Å². The summed E-state index contributed by atoms with van der Waals surface area (Å²) in [6.45, 7) is 1.92. The number of aromatic nitrogens is 2. The summed E-state index contributed by atoms with van der Waals surface area (Å²) in [6, 6.07) is 8.92. The number of rotatable bonds is 3. The molecule has 4 nitrogen and oxygen atoms in total. The number of hydrogen-bond acceptors (Lipinski definition) is 3. The number of aromatic amines is 1. The third-order valence-electron chi connectivity index (χ3n) is 2.12. The SMILES string of the molecule is CCc1nc(Oc2cccc(I)c2)cc(=O)[nH]1. The van der Waals surface area contributed by atoms with Gasteiger partial charge in [-0.3, -0.25) is 4.79 Å². The summed E-state index contributed by atoms with van der Waals surface area (Å²) in [5.74, 6) is 1.63. The molecule has 2 aromatic rings. The third-order valence-corrected chi connectivity index (χ3v) is 2.79. The fourth-order valence-corrected chi connectivity index (χ4v) is 1.87. The van der Waals surface area contributed by atoms with Crippen molar-refractivity contribution in [1.29, 1.82) is 0 Å². The maximum atomic E-state index is 11.4. The molecule has 0 radical (unpaired) electrons. The predicted octanol–water partition coefficient (Wildman–Crippen LogP) is 2.73. The monoisotopic (exact) mass is 342 g/mol. The Bertz CT molecular complexity index is 581. The Balaban J connectivity index is 2.29. The maximum absolute atomic E-state index is 11.4. The largest absolute Gasteiger partial charge is 0.439 e. The Morgan fingerprint density at radius 2 is 2.24 bits per heavy atom. The predicted molar refractivity (Wildman–Crippen MR) is 73.5 cm³/mol. The number of nitrogens with zero attached hydrogens (tertiary/aromatic N) is 1. The van der Waals surface area contributed by atoms with E-state index in [2.05, 4.69) is 32.6 Å². The highest BCUT2D eigenvalue weighted by Gasteiger charge is 2.02. The van der Waals surface area contributed by atoms with Crippen LogP contribution < -0.4 is 10.3 Å². The highest BCUT2D eigenvalue weighted by Crippen LogP contribution is 2.20. The van der Waals surface area contributed by atoms with Gasteiger partial charge in [-0.2, -0.15) is 4.98 Å². The zero-order valence-electron chi connectivity index (χ0n) is 9.24. The first-order valence-electron chi connectivity index (χ1n) is 5.21. The fraction of sp³-hybridized carbons (Fsp3) is 0.167. The van der Waals surface area contributed by atoms with E-state index in [0.29, 0.717) is 23.9 Å². The summed E-state index contributed by atoms with van der Waals surface area (Å²) in [5, 5.41) is 0. The van der Waals surface area contributed by atoms with Crippen molar-refractivity contribution >= 4 is 22.6 Å². The van der Waals surface area contributed by atoms with Gasteiger partial charge >= 0.3 is 0 Å². The number of halogens is 1. The number of benzene rings is 1. The zero-order valence-corrected chi connectivity index (χ0v) is 11.4. The molecule has 5 heteroatoms. The second kappa shape index (κ2) is 5.31. The molecule has 0 aliphatic rings. The summed E-state index contributed by atoms with van der Waals surface area (Å²) in [5.41, 5.74) is -0.197. The molecule has 0 fully saturated rings. The van der Waals surface area contributed by atoms with Crippen LogP contribution in [0.1, 0.15) is 12.7 Å². The molecule has 0 atom stereocenters. The first-order valence-corrected chi connectivity index (χ1v) is 6.29. The lowest BCUT2D eigenvalue weighted by Crippen LogP contribution is -2.10. The lowest BCUT2D eigenvalue weighted by atomic mass is 10.3. The van der Waals surface area contributed by atoms with Crippen molar-refractivity contribution in [3.05, 3.63) is 50.1 Å². The molecule has 0 unspecified atom stereocenters. The number of H-pyrrole nitrogens is 1. The summed E-state index contributed by atoms with van der Waals surface area (Å²) >= 11 is 2.20. The van der Waals surface area contributed by atoms with Crippen LogP contribution >= 0.6 is 22.6 Å². The van der Waals surface area contributed by atoms with Gasteiger partial charge in [0.1, 0.15) is 11.6 Å². The molecule has 17 heavy (non-hydrogen) atoms. The van der Waals surface area contributed by atoms with Crippen molar-refractivity contribution in [2.75, 3.05) is 0 Å². The maximum Gasteiger partial charge on any atom is 0.254 e.